The summed E-state index contributed by atoms with van der Waals surface area (Å²) in [7, 11) is -4.33. The number of amides is 1. The van der Waals surface area contributed by atoms with E-state index in [-0.39, 0.29) is 48.3 Å². The van der Waals surface area contributed by atoms with Crippen LogP contribution >= 0.6 is 7.82 Å². The van der Waals surface area contributed by atoms with Crippen molar-refractivity contribution in [3.63, 3.8) is 0 Å². The van der Waals surface area contributed by atoms with Crippen molar-refractivity contribution >= 4 is 36.7 Å². The number of benzene rings is 4. The van der Waals surface area contributed by atoms with Crippen molar-refractivity contribution < 1.29 is 37.2 Å². The molecule has 3 heterocycles. The second kappa shape index (κ2) is 15.5. The van der Waals surface area contributed by atoms with Crippen LogP contribution in [0.1, 0.15) is 38.1 Å². The van der Waals surface area contributed by atoms with E-state index in [1.54, 1.807) is 59.2 Å². The third-order valence-corrected chi connectivity index (χ3v) is 9.38. The molecule has 7 rings (SSSR count). The molecule has 1 saturated heterocycles. The molecular weight excluding hydrogens is 673 g/mol. The number of ether oxygens (including phenoxy) is 2. The van der Waals surface area contributed by atoms with Gasteiger partial charge in [-0.15, -0.1) is 0 Å². The Morgan fingerprint density at radius 2 is 1.33 bits per heavy atom. The van der Waals surface area contributed by atoms with E-state index < -0.39 is 32.2 Å². The first-order valence-corrected chi connectivity index (χ1v) is 17.5. The minimum absolute atomic E-state index is 0.0705. The molecule has 258 valence electrons. The third kappa shape index (κ3) is 8.09. The summed E-state index contributed by atoms with van der Waals surface area (Å²) in [4.78, 5) is 39.5. The van der Waals surface area contributed by atoms with E-state index >= 15 is 0 Å². The molecule has 0 bridgehead atoms. The number of aromatic nitrogens is 4. The van der Waals surface area contributed by atoms with E-state index in [1.807, 2.05) is 66.7 Å². The van der Waals surface area contributed by atoms with Crippen LogP contribution in [0.3, 0.4) is 0 Å². The van der Waals surface area contributed by atoms with Crippen LogP contribution in [0.2, 0.25) is 0 Å². The van der Waals surface area contributed by atoms with Crippen LogP contribution in [-0.4, -0.2) is 50.2 Å². The van der Waals surface area contributed by atoms with Gasteiger partial charge in [0, 0.05) is 5.56 Å². The quantitative estimate of drug-likeness (QED) is 0.100. The Kier molecular flexibility index (Phi) is 10.3. The average molecular weight is 706 g/mol. The van der Waals surface area contributed by atoms with Gasteiger partial charge in [0.2, 0.25) is 0 Å². The van der Waals surface area contributed by atoms with Gasteiger partial charge >= 0.3 is 13.8 Å². The zero-order valence-electron chi connectivity index (χ0n) is 27.1. The maximum absolute atomic E-state index is 14.3. The second-order valence-electron chi connectivity index (χ2n) is 11.4. The highest BCUT2D eigenvalue weighted by Gasteiger charge is 2.47. The van der Waals surface area contributed by atoms with Gasteiger partial charge in [0.25, 0.3) is 5.91 Å². The van der Waals surface area contributed by atoms with Crippen LogP contribution in [0.25, 0.3) is 11.2 Å². The zero-order chi connectivity index (χ0) is 35.0. The number of phosphoric acid groups is 1. The van der Waals surface area contributed by atoms with E-state index in [9.17, 15) is 14.2 Å². The van der Waals surface area contributed by atoms with Crippen LogP contribution in [-0.2, 0) is 40.8 Å². The molecule has 14 heteroatoms. The number of carbonyl (C=O) groups excluding carboxylic acids is 2. The highest BCUT2D eigenvalue weighted by atomic mass is 31.2. The topological polar surface area (TPSA) is 153 Å². The van der Waals surface area contributed by atoms with Crippen molar-refractivity contribution in [2.75, 3.05) is 11.9 Å². The summed E-state index contributed by atoms with van der Waals surface area (Å²) in [5, 5.41) is 2.78. The summed E-state index contributed by atoms with van der Waals surface area (Å²) in [6.07, 6.45) is -0.626. The number of fused-ring (bicyclic) bond motifs is 1. The molecule has 0 saturated carbocycles. The summed E-state index contributed by atoms with van der Waals surface area (Å²) in [6.45, 7) is -0.301. The van der Waals surface area contributed by atoms with Gasteiger partial charge in [0.05, 0.1) is 31.7 Å². The van der Waals surface area contributed by atoms with Gasteiger partial charge in [-0.1, -0.05) is 97.1 Å². The standard InChI is InChI=1S/C37H32N5O8P/c43-35(28-17-9-3-10-18-28)41-33-31-34(39-24-38-33)42(25-40-31)36-32(49-37(44)29-19-11-4-12-20-29)30(23-46-36)50-51(45,47-21-26-13-5-1-6-14-26)48-22-27-15-7-2-8-16-27/h1-20,24-25,30,32,36H,21-23H2,(H,38,39,41,43)/t30-,32+,36+/m0/s1. The number of hydrogen-bond acceptors (Lipinski definition) is 11. The van der Waals surface area contributed by atoms with Crippen molar-refractivity contribution in [3.05, 3.63) is 156 Å². The monoisotopic (exact) mass is 705 g/mol. The van der Waals surface area contributed by atoms with Gasteiger partial charge in [-0.05, 0) is 35.4 Å². The number of nitrogens with one attached hydrogen (secondary N) is 1. The van der Waals surface area contributed by atoms with Crippen molar-refractivity contribution in [1.82, 2.24) is 19.5 Å². The van der Waals surface area contributed by atoms with Gasteiger partial charge in [0.1, 0.15) is 12.4 Å². The lowest BCUT2D eigenvalue weighted by atomic mass is 10.2. The molecule has 51 heavy (non-hydrogen) atoms. The second-order valence-corrected chi connectivity index (χ2v) is 13.1. The largest absolute Gasteiger partial charge is 0.475 e. The Morgan fingerprint density at radius 3 is 1.94 bits per heavy atom. The SMILES string of the molecule is O=C(Nc1ncnc2c1ncn2[C@@H]1OC[C@H](OP(=O)(OCc2ccccc2)OCc2ccccc2)[C@H]1OC(=O)c1ccccc1)c1ccccc1. The molecular formula is C37H32N5O8P. The smallest absolute Gasteiger partial charge is 0.451 e. The molecule has 3 atom stereocenters. The van der Waals surface area contributed by atoms with E-state index in [0.29, 0.717) is 5.56 Å². The average Bonchev–Trinajstić information content (AvgIpc) is 3.78. The highest BCUT2D eigenvalue weighted by Crippen LogP contribution is 2.54. The number of esters is 1. The number of carbonyl (C=O) groups is 2. The van der Waals surface area contributed by atoms with E-state index in [1.165, 1.54) is 12.7 Å². The van der Waals surface area contributed by atoms with Crippen LogP contribution < -0.4 is 5.32 Å². The molecule has 1 fully saturated rings. The number of nitrogens with zero attached hydrogens (tertiary/aromatic N) is 4. The molecule has 1 N–H and O–H groups in total. The van der Waals surface area contributed by atoms with Crippen LogP contribution in [0.15, 0.2) is 134 Å². The van der Waals surface area contributed by atoms with E-state index in [0.717, 1.165) is 11.1 Å². The highest BCUT2D eigenvalue weighted by molar-refractivity contribution is 7.48. The zero-order valence-corrected chi connectivity index (χ0v) is 28.0. The fourth-order valence-corrected chi connectivity index (χ4v) is 6.74. The molecule has 13 nitrogen and oxygen atoms in total. The summed E-state index contributed by atoms with van der Waals surface area (Å²) in [5.74, 6) is -0.874. The van der Waals surface area contributed by atoms with Gasteiger partial charge in [-0.2, -0.15) is 0 Å². The lowest BCUT2D eigenvalue weighted by Gasteiger charge is -2.26. The molecule has 0 aliphatic carbocycles. The Hall–Kier alpha value is -5.56. The first kappa shape index (κ1) is 33.9. The molecule has 1 amide bonds. The molecule has 2 aromatic heterocycles. The van der Waals surface area contributed by atoms with E-state index in [2.05, 4.69) is 20.3 Å². The first-order chi connectivity index (χ1) is 25.0. The predicted molar refractivity (Wildman–Crippen MR) is 185 cm³/mol. The third-order valence-electron chi connectivity index (χ3n) is 7.96. The molecule has 0 radical (unpaired) electrons. The maximum Gasteiger partial charge on any atom is 0.475 e. The fourth-order valence-electron chi connectivity index (χ4n) is 5.41. The van der Waals surface area contributed by atoms with E-state index in [4.69, 9.17) is 23.0 Å². The van der Waals surface area contributed by atoms with Crippen molar-refractivity contribution in [1.29, 1.82) is 0 Å². The van der Waals surface area contributed by atoms with Crippen LogP contribution in [0.5, 0.6) is 0 Å². The minimum Gasteiger partial charge on any atom is -0.451 e. The van der Waals surface area contributed by atoms with Crippen molar-refractivity contribution in [3.8, 4) is 0 Å². The lowest BCUT2D eigenvalue weighted by Crippen LogP contribution is -2.35. The normalized spacial score (nSPS) is 17.3. The summed E-state index contributed by atoms with van der Waals surface area (Å²) in [5.41, 5.74) is 2.77. The molecule has 6 aromatic rings. The first-order valence-electron chi connectivity index (χ1n) is 16.0. The number of rotatable bonds is 13. The maximum atomic E-state index is 14.3. The Bertz CT molecular complexity index is 2090. The Morgan fingerprint density at radius 1 is 0.765 bits per heavy atom. The molecule has 0 unspecified atom stereocenters. The summed E-state index contributed by atoms with van der Waals surface area (Å²) >= 11 is 0. The van der Waals surface area contributed by atoms with Gasteiger partial charge in [0.15, 0.2) is 29.3 Å². The van der Waals surface area contributed by atoms with Crippen LogP contribution in [0.4, 0.5) is 5.82 Å². The molecule has 1 aliphatic heterocycles. The number of hydrogen-bond donors (Lipinski definition) is 1. The fraction of sp³-hybridized carbons (Fsp3) is 0.162. The van der Waals surface area contributed by atoms with Crippen molar-refractivity contribution in [2.45, 2.75) is 31.6 Å². The van der Waals surface area contributed by atoms with Crippen LogP contribution in [0, 0.1) is 0 Å². The lowest BCUT2D eigenvalue weighted by molar-refractivity contribution is -0.0425. The number of phosphoric ester groups is 1. The Labute approximate surface area is 292 Å². The van der Waals surface area contributed by atoms with Crippen molar-refractivity contribution in [2.24, 2.45) is 0 Å². The predicted octanol–water partition coefficient (Wildman–Crippen LogP) is 6.76. The number of anilines is 1. The van der Waals surface area contributed by atoms with Gasteiger partial charge < -0.3 is 14.8 Å². The Balaban J connectivity index is 1.18. The molecule has 0 spiro atoms. The molecule has 1 aliphatic rings. The minimum atomic E-state index is -4.33. The van der Waals surface area contributed by atoms with Gasteiger partial charge in [-0.25, -0.2) is 24.3 Å². The molecule has 4 aromatic carbocycles. The summed E-state index contributed by atoms with van der Waals surface area (Å²) in [6, 6.07) is 35.4. The summed E-state index contributed by atoms with van der Waals surface area (Å²) < 4.78 is 46.0. The number of imidazole rings is 1. The van der Waals surface area contributed by atoms with Gasteiger partial charge in [-0.3, -0.25) is 22.9 Å².